The van der Waals surface area contributed by atoms with E-state index < -0.39 is 26.5 Å². The number of phosphoric acid groups is 1. The van der Waals surface area contributed by atoms with Crippen LogP contribution in [0.2, 0.25) is 0 Å². The number of carbonyl (C=O) groups is 2. The number of hydrogen-bond donors (Lipinski definition) is 1. The minimum Gasteiger partial charge on any atom is -0.462 e. The van der Waals surface area contributed by atoms with Gasteiger partial charge in [-0.1, -0.05) is 146 Å². The summed E-state index contributed by atoms with van der Waals surface area (Å²) < 4.78 is 34.2. The third-order valence-electron chi connectivity index (χ3n) is 8.86. The molecular weight excluding hydrogens is 701 g/mol. The fourth-order valence-electron chi connectivity index (χ4n) is 5.47. The fourth-order valence-corrected chi connectivity index (χ4v) is 6.21. The number of hydrogen-bond acceptors (Lipinski definition) is 7. The van der Waals surface area contributed by atoms with Gasteiger partial charge in [0.05, 0.1) is 27.7 Å². The van der Waals surface area contributed by atoms with Gasteiger partial charge in [0, 0.05) is 12.8 Å². The average molecular weight is 783 g/mol. The van der Waals surface area contributed by atoms with Gasteiger partial charge < -0.3 is 18.9 Å². The molecule has 314 valence electrons. The molecule has 0 aromatic carbocycles. The topological polar surface area (TPSA) is 108 Å². The van der Waals surface area contributed by atoms with E-state index in [9.17, 15) is 19.0 Å². The highest BCUT2D eigenvalue weighted by Crippen LogP contribution is 2.43. The molecule has 2 atom stereocenters. The summed E-state index contributed by atoms with van der Waals surface area (Å²) in [6.07, 6.45) is 41.6. The summed E-state index contributed by atoms with van der Waals surface area (Å²) in [4.78, 5) is 35.3. The second-order valence-electron chi connectivity index (χ2n) is 15.4. The number of nitrogens with zero attached hydrogens (tertiary/aromatic N) is 1. The van der Waals surface area contributed by atoms with E-state index in [1.165, 1.54) is 77.0 Å². The Kier molecular flexibility index (Phi) is 35.2. The van der Waals surface area contributed by atoms with E-state index in [4.69, 9.17) is 18.5 Å². The number of esters is 2. The van der Waals surface area contributed by atoms with Gasteiger partial charge in [0.1, 0.15) is 19.8 Å². The Hall–Kier alpha value is -2.03. The van der Waals surface area contributed by atoms with Crippen LogP contribution in [0.15, 0.2) is 48.6 Å². The first-order valence-electron chi connectivity index (χ1n) is 21.4. The Morgan fingerprint density at radius 2 is 1.00 bits per heavy atom. The third kappa shape index (κ3) is 39.7. The predicted molar refractivity (Wildman–Crippen MR) is 224 cm³/mol. The van der Waals surface area contributed by atoms with Gasteiger partial charge in [-0.05, 0) is 57.8 Å². The summed E-state index contributed by atoms with van der Waals surface area (Å²) >= 11 is 0. The molecule has 0 fully saturated rings. The molecule has 0 bridgehead atoms. The fraction of sp³-hybridized carbons (Fsp3) is 0.773. The quantitative estimate of drug-likeness (QED) is 0.0217. The smallest absolute Gasteiger partial charge is 0.462 e. The van der Waals surface area contributed by atoms with Crippen molar-refractivity contribution in [2.45, 2.75) is 174 Å². The highest BCUT2D eigenvalue weighted by Gasteiger charge is 2.27. The molecule has 0 aromatic rings. The van der Waals surface area contributed by atoms with Gasteiger partial charge in [0.15, 0.2) is 6.10 Å². The minimum atomic E-state index is -4.38. The van der Waals surface area contributed by atoms with E-state index in [0.29, 0.717) is 17.4 Å². The van der Waals surface area contributed by atoms with Gasteiger partial charge in [-0.15, -0.1) is 0 Å². The van der Waals surface area contributed by atoms with Crippen LogP contribution in [0.3, 0.4) is 0 Å². The lowest BCUT2D eigenvalue weighted by molar-refractivity contribution is -0.870. The van der Waals surface area contributed by atoms with E-state index in [1.807, 2.05) is 21.1 Å². The van der Waals surface area contributed by atoms with Crippen molar-refractivity contribution in [3.05, 3.63) is 48.6 Å². The maximum atomic E-state index is 12.7. The molecular formula is C44H81NO8P+. The average Bonchev–Trinajstić information content (AvgIpc) is 3.12. The number of unbranched alkanes of at least 4 members (excludes halogenated alkanes) is 16. The summed E-state index contributed by atoms with van der Waals surface area (Å²) in [5, 5.41) is 0. The molecule has 0 aliphatic rings. The number of rotatable bonds is 38. The van der Waals surface area contributed by atoms with E-state index in [2.05, 4.69) is 62.5 Å². The van der Waals surface area contributed by atoms with Crippen molar-refractivity contribution in [3.8, 4) is 0 Å². The van der Waals surface area contributed by atoms with Gasteiger partial charge in [0.2, 0.25) is 0 Å². The molecule has 0 heterocycles. The molecule has 0 aliphatic carbocycles. The Labute approximate surface area is 331 Å². The Bertz CT molecular complexity index is 1070. The standard InChI is InChI=1S/C44H80NO8P/c1-6-8-10-12-14-16-18-19-20-21-22-23-24-25-27-29-31-33-35-37-44(47)53-42(41-52-54(48,49)51-39-38-45(3,4)5)40-50-43(46)36-34-32-30-28-26-17-15-13-11-9-7-2/h14,16,19-20,22-23,25,27,42H,6-13,15,17-18,21,24,26,28-41H2,1-5H3/p+1/b16-14-,20-19-,23-22-,27-25-/t42-/m1/s1. The Morgan fingerprint density at radius 3 is 1.52 bits per heavy atom. The van der Waals surface area contributed by atoms with Crippen LogP contribution >= 0.6 is 7.82 Å². The highest BCUT2D eigenvalue weighted by atomic mass is 31.2. The number of carbonyl (C=O) groups excluding carboxylic acids is 2. The Balaban J connectivity index is 4.44. The molecule has 0 radical (unpaired) electrons. The van der Waals surface area contributed by atoms with Crippen molar-refractivity contribution >= 4 is 19.8 Å². The lowest BCUT2D eigenvalue weighted by Crippen LogP contribution is -2.37. The van der Waals surface area contributed by atoms with Gasteiger partial charge in [-0.3, -0.25) is 18.6 Å². The summed E-state index contributed by atoms with van der Waals surface area (Å²) in [6.45, 7) is 4.34. The molecule has 0 aliphatic heterocycles. The summed E-state index contributed by atoms with van der Waals surface area (Å²) in [6, 6.07) is 0. The van der Waals surface area contributed by atoms with Crippen LogP contribution in [0.1, 0.15) is 168 Å². The minimum absolute atomic E-state index is 0.0245. The van der Waals surface area contributed by atoms with Crippen molar-refractivity contribution in [3.63, 3.8) is 0 Å². The zero-order valence-corrected chi connectivity index (χ0v) is 36.1. The molecule has 0 aromatic heterocycles. The second-order valence-corrected chi connectivity index (χ2v) is 16.8. The first-order valence-corrected chi connectivity index (χ1v) is 22.9. The first-order chi connectivity index (χ1) is 26.0. The zero-order chi connectivity index (χ0) is 40.0. The molecule has 0 saturated heterocycles. The monoisotopic (exact) mass is 783 g/mol. The van der Waals surface area contributed by atoms with Gasteiger partial charge in [-0.25, -0.2) is 4.57 Å². The zero-order valence-electron chi connectivity index (χ0n) is 35.2. The molecule has 0 saturated carbocycles. The third-order valence-corrected chi connectivity index (χ3v) is 9.85. The number of likely N-dealkylation sites (N-methyl/N-ethyl adjacent to an activating group) is 1. The van der Waals surface area contributed by atoms with Gasteiger partial charge in [0.25, 0.3) is 0 Å². The lowest BCUT2D eigenvalue weighted by atomic mass is 10.1. The second kappa shape index (κ2) is 36.6. The highest BCUT2D eigenvalue weighted by molar-refractivity contribution is 7.47. The SMILES string of the molecule is CCCCC/C=C\C/C=C\C/C=C\C/C=C\CCCCCC(=O)O[C@H](COC(=O)CCCCCCCCCCCCC)COP(=O)(O)OCC[N+](C)(C)C. The summed E-state index contributed by atoms with van der Waals surface area (Å²) in [7, 11) is 1.45. The van der Waals surface area contributed by atoms with Crippen LogP contribution in [0, 0.1) is 0 Å². The molecule has 0 rings (SSSR count). The van der Waals surface area contributed by atoms with E-state index in [0.717, 1.165) is 57.8 Å². The van der Waals surface area contributed by atoms with Crippen LogP contribution in [0.25, 0.3) is 0 Å². The number of ether oxygens (including phenoxy) is 2. The van der Waals surface area contributed by atoms with Crippen LogP contribution < -0.4 is 0 Å². The molecule has 54 heavy (non-hydrogen) atoms. The largest absolute Gasteiger partial charge is 0.472 e. The first kappa shape index (κ1) is 52.0. The molecule has 10 heteroatoms. The Morgan fingerprint density at radius 1 is 0.574 bits per heavy atom. The van der Waals surface area contributed by atoms with Crippen LogP contribution in [-0.2, 0) is 32.7 Å². The maximum absolute atomic E-state index is 12.7. The maximum Gasteiger partial charge on any atom is 0.472 e. The van der Waals surface area contributed by atoms with Gasteiger partial charge in [-0.2, -0.15) is 0 Å². The molecule has 0 spiro atoms. The summed E-state index contributed by atoms with van der Waals surface area (Å²) in [5.74, 6) is -0.836. The molecule has 0 amide bonds. The summed E-state index contributed by atoms with van der Waals surface area (Å²) in [5.41, 5.74) is 0. The number of allylic oxidation sites excluding steroid dienone is 8. The van der Waals surface area contributed by atoms with Crippen molar-refractivity contribution in [2.75, 3.05) is 47.5 Å². The van der Waals surface area contributed by atoms with Crippen LogP contribution in [0.4, 0.5) is 0 Å². The predicted octanol–water partition coefficient (Wildman–Crippen LogP) is 11.9. The van der Waals surface area contributed by atoms with E-state index >= 15 is 0 Å². The van der Waals surface area contributed by atoms with Crippen LogP contribution in [0.5, 0.6) is 0 Å². The normalized spacial score (nSPS) is 14.1. The number of quaternary nitrogens is 1. The number of phosphoric ester groups is 1. The van der Waals surface area contributed by atoms with E-state index in [-0.39, 0.29) is 32.0 Å². The molecule has 1 N–H and O–H groups in total. The van der Waals surface area contributed by atoms with Crippen molar-refractivity contribution < 1.29 is 42.1 Å². The van der Waals surface area contributed by atoms with Crippen molar-refractivity contribution in [1.82, 2.24) is 0 Å². The van der Waals surface area contributed by atoms with Crippen molar-refractivity contribution in [1.29, 1.82) is 0 Å². The van der Waals surface area contributed by atoms with E-state index in [1.54, 1.807) is 0 Å². The van der Waals surface area contributed by atoms with Crippen LogP contribution in [-0.4, -0.2) is 74.9 Å². The van der Waals surface area contributed by atoms with Crippen molar-refractivity contribution in [2.24, 2.45) is 0 Å². The lowest BCUT2D eigenvalue weighted by Gasteiger charge is -2.24. The molecule has 1 unspecified atom stereocenters. The molecule has 9 nitrogen and oxygen atoms in total. The van der Waals surface area contributed by atoms with Gasteiger partial charge >= 0.3 is 19.8 Å².